The van der Waals surface area contributed by atoms with Crippen LogP contribution < -0.4 is 5.32 Å². The second kappa shape index (κ2) is 5.60. The second-order valence-electron chi connectivity index (χ2n) is 3.68. The SMILES string of the molecule is CNC1CCOCC1S(=O)(=O)CC(=O)OC. The maximum absolute atomic E-state index is 11.9. The third-order valence-corrected chi connectivity index (χ3v) is 4.71. The second-order valence-corrected chi connectivity index (χ2v) is 5.90. The molecule has 1 fully saturated rings. The van der Waals surface area contributed by atoms with Crippen molar-refractivity contribution in [1.82, 2.24) is 5.32 Å². The Morgan fingerprint density at radius 2 is 2.25 bits per heavy atom. The van der Waals surface area contributed by atoms with Gasteiger partial charge in [-0.2, -0.15) is 0 Å². The number of carbonyl (C=O) groups excluding carboxylic acids is 1. The molecule has 94 valence electrons. The highest BCUT2D eigenvalue weighted by atomic mass is 32.2. The molecule has 0 aromatic rings. The molecular formula is C9H17NO5S. The van der Waals surface area contributed by atoms with Gasteiger partial charge in [-0.15, -0.1) is 0 Å². The van der Waals surface area contributed by atoms with Gasteiger partial charge in [-0.05, 0) is 13.5 Å². The number of nitrogens with one attached hydrogen (secondary N) is 1. The fraction of sp³-hybridized carbons (Fsp3) is 0.889. The van der Waals surface area contributed by atoms with Crippen LogP contribution in [0.15, 0.2) is 0 Å². The van der Waals surface area contributed by atoms with Gasteiger partial charge in [0.15, 0.2) is 9.84 Å². The summed E-state index contributed by atoms with van der Waals surface area (Å²) in [5.74, 6) is -1.32. The minimum absolute atomic E-state index is 0.130. The molecule has 1 aliphatic heterocycles. The summed E-state index contributed by atoms with van der Waals surface area (Å²) >= 11 is 0. The van der Waals surface area contributed by atoms with Crippen molar-refractivity contribution in [2.75, 3.05) is 33.1 Å². The third-order valence-electron chi connectivity index (χ3n) is 2.68. The van der Waals surface area contributed by atoms with Crippen molar-refractivity contribution in [1.29, 1.82) is 0 Å². The fourth-order valence-corrected chi connectivity index (χ4v) is 3.46. The predicted octanol–water partition coefficient (Wildman–Crippen LogP) is -1.05. The molecule has 0 aromatic heterocycles. The first-order chi connectivity index (χ1) is 7.51. The summed E-state index contributed by atoms with van der Waals surface area (Å²) in [6, 6.07) is -0.164. The summed E-state index contributed by atoms with van der Waals surface area (Å²) < 4.78 is 33.3. The number of methoxy groups -OCH3 is 1. The summed E-state index contributed by atoms with van der Waals surface area (Å²) in [7, 11) is -0.642. The molecule has 7 heteroatoms. The predicted molar refractivity (Wildman–Crippen MR) is 57.9 cm³/mol. The van der Waals surface area contributed by atoms with E-state index in [2.05, 4.69) is 10.1 Å². The summed E-state index contributed by atoms with van der Waals surface area (Å²) in [5.41, 5.74) is 0. The zero-order chi connectivity index (χ0) is 12.2. The fourth-order valence-electron chi connectivity index (χ4n) is 1.73. The number of rotatable bonds is 4. The van der Waals surface area contributed by atoms with E-state index in [0.717, 1.165) is 0 Å². The molecule has 0 saturated carbocycles. The quantitative estimate of drug-likeness (QED) is 0.642. The molecule has 16 heavy (non-hydrogen) atoms. The van der Waals surface area contributed by atoms with Crippen molar-refractivity contribution < 1.29 is 22.7 Å². The van der Waals surface area contributed by atoms with Crippen LogP contribution >= 0.6 is 0 Å². The van der Waals surface area contributed by atoms with Gasteiger partial charge >= 0.3 is 5.97 Å². The van der Waals surface area contributed by atoms with E-state index in [1.165, 1.54) is 7.11 Å². The summed E-state index contributed by atoms with van der Waals surface area (Å²) in [6.45, 7) is 0.667. The molecule has 1 rings (SSSR count). The zero-order valence-electron chi connectivity index (χ0n) is 9.43. The van der Waals surface area contributed by atoms with Gasteiger partial charge in [-0.3, -0.25) is 4.79 Å². The standard InChI is InChI=1S/C9H17NO5S/c1-10-7-3-4-15-5-8(7)16(12,13)6-9(11)14-2/h7-8,10H,3-6H2,1-2H3. The van der Waals surface area contributed by atoms with Crippen molar-refractivity contribution in [3.8, 4) is 0 Å². The molecule has 1 saturated heterocycles. The summed E-state index contributed by atoms with van der Waals surface area (Å²) in [5, 5.41) is 2.26. The average Bonchev–Trinajstić information content (AvgIpc) is 2.28. The summed E-state index contributed by atoms with van der Waals surface area (Å²) in [4.78, 5) is 11.0. The van der Waals surface area contributed by atoms with Crippen LogP contribution in [-0.4, -0.2) is 58.8 Å². The molecule has 0 spiro atoms. The molecule has 0 bridgehead atoms. The molecule has 0 aliphatic carbocycles. The Labute approximate surface area is 95.2 Å². The highest BCUT2D eigenvalue weighted by molar-refractivity contribution is 7.92. The van der Waals surface area contributed by atoms with Crippen molar-refractivity contribution in [2.24, 2.45) is 0 Å². The van der Waals surface area contributed by atoms with Crippen LogP contribution in [0.1, 0.15) is 6.42 Å². The number of sulfone groups is 1. The highest BCUT2D eigenvalue weighted by Gasteiger charge is 2.36. The lowest BCUT2D eigenvalue weighted by atomic mass is 10.1. The molecule has 1 heterocycles. The zero-order valence-corrected chi connectivity index (χ0v) is 10.2. The van der Waals surface area contributed by atoms with Gasteiger partial charge in [-0.25, -0.2) is 8.42 Å². The lowest BCUT2D eigenvalue weighted by molar-refractivity contribution is -0.137. The van der Waals surface area contributed by atoms with E-state index in [9.17, 15) is 13.2 Å². The third kappa shape index (κ3) is 3.16. The first kappa shape index (κ1) is 13.4. The van der Waals surface area contributed by atoms with Crippen molar-refractivity contribution in [3.63, 3.8) is 0 Å². The average molecular weight is 251 g/mol. The van der Waals surface area contributed by atoms with Crippen LogP contribution in [0.5, 0.6) is 0 Å². The number of carbonyl (C=O) groups is 1. The maximum Gasteiger partial charge on any atom is 0.320 e. The Morgan fingerprint density at radius 3 is 2.81 bits per heavy atom. The Bertz CT molecular complexity index is 340. The van der Waals surface area contributed by atoms with Crippen LogP contribution in [0.4, 0.5) is 0 Å². The van der Waals surface area contributed by atoms with Crippen molar-refractivity contribution in [2.45, 2.75) is 17.7 Å². The molecular weight excluding hydrogens is 234 g/mol. The minimum atomic E-state index is -3.52. The van der Waals surface area contributed by atoms with Crippen LogP contribution in [0.3, 0.4) is 0 Å². The number of ether oxygens (including phenoxy) is 2. The van der Waals surface area contributed by atoms with E-state index in [-0.39, 0.29) is 12.6 Å². The van der Waals surface area contributed by atoms with Crippen LogP contribution in [-0.2, 0) is 24.1 Å². The van der Waals surface area contributed by atoms with Crippen LogP contribution in [0.25, 0.3) is 0 Å². The van der Waals surface area contributed by atoms with Gasteiger partial charge in [0, 0.05) is 12.6 Å². The van der Waals surface area contributed by atoms with Gasteiger partial charge in [0.05, 0.1) is 13.7 Å². The minimum Gasteiger partial charge on any atom is -0.468 e. The van der Waals surface area contributed by atoms with Gasteiger partial charge in [0.25, 0.3) is 0 Å². The largest absolute Gasteiger partial charge is 0.468 e. The monoisotopic (exact) mass is 251 g/mol. The Hall–Kier alpha value is -0.660. The Balaban J connectivity index is 2.76. The lowest BCUT2D eigenvalue weighted by Gasteiger charge is -2.30. The van der Waals surface area contributed by atoms with E-state index < -0.39 is 26.8 Å². The van der Waals surface area contributed by atoms with Gasteiger partial charge in [-0.1, -0.05) is 0 Å². The number of hydrogen-bond donors (Lipinski definition) is 1. The topological polar surface area (TPSA) is 81.7 Å². The Kier molecular flexibility index (Phi) is 4.69. The highest BCUT2D eigenvalue weighted by Crippen LogP contribution is 2.16. The smallest absolute Gasteiger partial charge is 0.320 e. The van der Waals surface area contributed by atoms with Crippen LogP contribution in [0, 0.1) is 0 Å². The van der Waals surface area contributed by atoms with Gasteiger partial charge in [0.2, 0.25) is 0 Å². The Morgan fingerprint density at radius 1 is 1.56 bits per heavy atom. The molecule has 0 amide bonds. The first-order valence-electron chi connectivity index (χ1n) is 5.04. The molecule has 6 nitrogen and oxygen atoms in total. The summed E-state index contributed by atoms with van der Waals surface area (Å²) in [6.07, 6.45) is 0.627. The van der Waals surface area contributed by atoms with E-state index in [4.69, 9.17) is 4.74 Å². The molecule has 2 atom stereocenters. The molecule has 0 radical (unpaired) electrons. The number of hydrogen-bond acceptors (Lipinski definition) is 6. The number of esters is 1. The lowest BCUT2D eigenvalue weighted by Crippen LogP contribution is -2.50. The molecule has 1 N–H and O–H groups in total. The van der Waals surface area contributed by atoms with E-state index in [0.29, 0.717) is 13.0 Å². The molecule has 2 unspecified atom stereocenters. The normalized spacial score (nSPS) is 26.4. The maximum atomic E-state index is 11.9. The van der Waals surface area contributed by atoms with Crippen molar-refractivity contribution in [3.05, 3.63) is 0 Å². The van der Waals surface area contributed by atoms with Gasteiger partial charge in [0.1, 0.15) is 11.0 Å². The van der Waals surface area contributed by atoms with Crippen LogP contribution in [0.2, 0.25) is 0 Å². The molecule has 0 aromatic carbocycles. The van der Waals surface area contributed by atoms with E-state index in [1.54, 1.807) is 7.05 Å². The van der Waals surface area contributed by atoms with Gasteiger partial charge < -0.3 is 14.8 Å². The molecule has 1 aliphatic rings. The van der Waals surface area contributed by atoms with E-state index >= 15 is 0 Å². The van der Waals surface area contributed by atoms with E-state index in [1.807, 2.05) is 0 Å². The first-order valence-corrected chi connectivity index (χ1v) is 6.76. The van der Waals surface area contributed by atoms with Crippen molar-refractivity contribution >= 4 is 15.8 Å².